The van der Waals surface area contributed by atoms with Crippen LogP contribution in [0.4, 0.5) is 0 Å². The Bertz CT molecular complexity index is 831. The summed E-state index contributed by atoms with van der Waals surface area (Å²) >= 11 is 1.41. The summed E-state index contributed by atoms with van der Waals surface area (Å²) in [5.74, 6) is -0.851. The van der Waals surface area contributed by atoms with E-state index in [0.29, 0.717) is 11.3 Å². The van der Waals surface area contributed by atoms with E-state index < -0.39 is 5.97 Å². The number of hydrogen-bond donors (Lipinski definition) is 2. The van der Waals surface area contributed by atoms with Gasteiger partial charge in [-0.3, -0.25) is 9.59 Å². The van der Waals surface area contributed by atoms with E-state index in [1.807, 2.05) is 41.9 Å². The van der Waals surface area contributed by atoms with Gasteiger partial charge in [-0.05, 0) is 29.5 Å². The molecule has 0 atom stereocenters. The molecule has 0 saturated carbocycles. The summed E-state index contributed by atoms with van der Waals surface area (Å²) in [7, 11) is 0. The lowest BCUT2D eigenvalue weighted by molar-refractivity contribution is -0.137. The molecule has 0 spiro atoms. The van der Waals surface area contributed by atoms with Crippen molar-refractivity contribution in [1.29, 1.82) is 0 Å². The topological polar surface area (TPSA) is 70.2 Å². The van der Waals surface area contributed by atoms with Crippen LogP contribution in [0.25, 0.3) is 22.0 Å². The summed E-state index contributed by atoms with van der Waals surface area (Å²) in [4.78, 5) is 26.5. The number of carbonyl (C=O) groups excluding carboxylic acids is 1. The van der Waals surface area contributed by atoms with Gasteiger partial charge in [0.05, 0.1) is 4.88 Å². The maximum Gasteiger partial charge on any atom is 0.303 e. The number of thiophene rings is 1. The number of fused-ring (bicyclic) bond motifs is 1. The third-order valence-corrected chi connectivity index (χ3v) is 4.54. The van der Waals surface area contributed by atoms with E-state index in [4.69, 9.17) is 5.11 Å². The van der Waals surface area contributed by atoms with Crippen LogP contribution in [0.5, 0.6) is 0 Å². The van der Waals surface area contributed by atoms with Crippen LogP contribution >= 0.6 is 11.3 Å². The van der Waals surface area contributed by atoms with Crippen molar-refractivity contribution in [3.05, 3.63) is 46.8 Å². The number of para-hydroxylation sites is 1. The third-order valence-electron chi connectivity index (χ3n) is 3.57. The number of carbonyl (C=O) groups is 2. The number of ketones is 1. The van der Waals surface area contributed by atoms with Crippen molar-refractivity contribution in [1.82, 2.24) is 4.98 Å². The molecule has 0 unspecified atom stereocenters. The highest BCUT2D eigenvalue weighted by atomic mass is 32.1. The van der Waals surface area contributed by atoms with E-state index >= 15 is 0 Å². The van der Waals surface area contributed by atoms with Crippen LogP contribution in [-0.4, -0.2) is 21.8 Å². The smallest absolute Gasteiger partial charge is 0.303 e. The normalized spacial score (nSPS) is 10.9. The van der Waals surface area contributed by atoms with Crippen LogP contribution in [0, 0.1) is 0 Å². The lowest BCUT2D eigenvalue weighted by Gasteiger charge is -1.96. The summed E-state index contributed by atoms with van der Waals surface area (Å²) in [6.45, 7) is 0. The molecule has 3 rings (SSSR count). The van der Waals surface area contributed by atoms with Gasteiger partial charge in [0, 0.05) is 35.5 Å². The number of aromatic nitrogens is 1. The van der Waals surface area contributed by atoms with Gasteiger partial charge < -0.3 is 10.1 Å². The van der Waals surface area contributed by atoms with E-state index in [9.17, 15) is 9.59 Å². The standard InChI is InChI=1S/C17H15NO3S/c19-15(6-3-7-17(20)21)16-8-11(10-22-16)13-9-18-14-5-2-1-4-12(13)14/h1-2,4-5,8-10,18H,3,6-7H2,(H,20,21). The van der Waals surface area contributed by atoms with Crippen LogP contribution in [-0.2, 0) is 4.79 Å². The Hall–Kier alpha value is -2.40. The highest BCUT2D eigenvalue weighted by Crippen LogP contribution is 2.32. The maximum atomic E-state index is 12.1. The average molecular weight is 313 g/mol. The van der Waals surface area contributed by atoms with Gasteiger partial charge in [0.15, 0.2) is 5.78 Å². The minimum atomic E-state index is -0.863. The second-order valence-electron chi connectivity index (χ2n) is 5.12. The lowest BCUT2D eigenvalue weighted by atomic mass is 10.1. The van der Waals surface area contributed by atoms with Crippen molar-refractivity contribution in [3.63, 3.8) is 0 Å². The molecule has 0 amide bonds. The van der Waals surface area contributed by atoms with E-state index in [2.05, 4.69) is 4.98 Å². The van der Waals surface area contributed by atoms with Crippen molar-refractivity contribution in [2.24, 2.45) is 0 Å². The average Bonchev–Trinajstić information content (AvgIpc) is 3.13. The van der Waals surface area contributed by atoms with E-state index in [1.165, 1.54) is 11.3 Å². The van der Waals surface area contributed by atoms with Crippen molar-refractivity contribution in [2.45, 2.75) is 19.3 Å². The molecule has 2 aromatic heterocycles. The molecule has 5 heteroatoms. The second kappa shape index (κ2) is 6.15. The molecule has 0 radical (unpaired) electrons. The molecule has 4 nitrogen and oxygen atoms in total. The maximum absolute atomic E-state index is 12.1. The quantitative estimate of drug-likeness (QED) is 0.665. The molecule has 0 aliphatic heterocycles. The largest absolute Gasteiger partial charge is 0.481 e. The van der Waals surface area contributed by atoms with Gasteiger partial charge >= 0.3 is 5.97 Å². The predicted octanol–water partition coefficient (Wildman–Crippen LogP) is 4.33. The Morgan fingerprint density at radius 2 is 2.00 bits per heavy atom. The summed E-state index contributed by atoms with van der Waals surface area (Å²) in [5.41, 5.74) is 3.17. The van der Waals surface area contributed by atoms with Gasteiger partial charge in [-0.1, -0.05) is 18.2 Å². The van der Waals surface area contributed by atoms with Crippen molar-refractivity contribution in [3.8, 4) is 11.1 Å². The highest BCUT2D eigenvalue weighted by Gasteiger charge is 2.13. The zero-order valence-corrected chi connectivity index (χ0v) is 12.7. The van der Waals surface area contributed by atoms with E-state index in [0.717, 1.165) is 22.0 Å². The first-order valence-corrected chi connectivity index (χ1v) is 7.93. The van der Waals surface area contributed by atoms with Gasteiger partial charge in [0.2, 0.25) is 0 Å². The monoisotopic (exact) mass is 313 g/mol. The first kappa shape index (κ1) is 14.5. The fourth-order valence-electron chi connectivity index (χ4n) is 2.46. The Balaban J connectivity index is 1.79. The molecule has 3 aromatic rings. The number of aliphatic carboxylic acids is 1. The molecule has 1 aromatic carbocycles. The first-order valence-electron chi connectivity index (χ1n) is 7.05. The van der Waals surface area contributed by atoms with Crippen molar-refractivity contribution < 1.29 is 14.7 Å². The van der Waals surface area contributed by atoms with Gasteiger partial charge in [-0.2, -0.15) is 0 Å². The number of Topliss-reactive ketones (excluding diaryl/α,β-unsaturated/α-hetero) is 1. The molecular formula is C17H15NO3S. The van der Waals surface area contributed by atoms with E-state index in [1.54, 1.807) is 0 Å². The molecule has 0 aliphatic carbocycles. The fraction of sp³-hybridized carbons (Fsp3) is 0.176. The third kappa shape index (κ3) is 2.94. The zero-order valence-electron chi connectivity index (χ0n) is 11.8. The van der Waals surface area contributed by atoms with Crippen LogP contribution in [0.15, 0.2) is 41.9 Å². The van der Waals surface area contributed by atoms with Crippen LogP contribution < -0.4 is 0 Å². The highest BCUT2D eigenvalue weighted by molar-refractivity contribution is 7.12. The molecule has 0 bridgehead atoms. The minimum absolute atomic E-state index is 0.0114. The second-order valence-corrected chi connectivity index (χ2v) is 6.03. The zero-order chi connectivity index (χ0) is 15.5. The molecule has 0 fully saturated rings. The molecule has 0 saturated heterocycles. The van der Waals surface area contributed by atoms with Crippen molar-refractivity contribution in [2.75, 3.05) is 0 Å². The number of rotatable bonds is 6. The number of hydrogen-bond acceptors (Lipinski definition) is 3. The Kier molecular flexibility index (Phi) is 4.06. The van der Waals surface area contributed by atoms with E-state index in [-0.39, 0.29) is 18.6 Å². The first-order chi connectivity index (χ1) is 10.6. The number of carboxylic acid groups (broad SMARTS) is 1. The van der Waals surface area contributed by atoms with Gasteiger partial charge in [0.1, 0.15) is 0 Å². The van der Waals surface area contributed by atoms with Crippen molar-refractivity contribution >= 4 is 34.0 Å². The number of H-pyrrole nitrogens is 1. The Morgan fingerprint density at radius 1 is 1.18 bits per heavy atom. The molecule has 2 heterocycles. The van der Waals surface area contributed by atoms with Crippen LogP contribution in [0.3, 0.4) is 0 Å². The predicted molar refractivity (Wildman–Crippen MR) is 87.4 cm³/mol. The summed E-state index contributed by atoms with van der Waals surface area (Å²) in [6.07, 6.45) is 2.65. The molecule has 2 N–H and O–H groups in total. The molecular weight excluding hydrogens is 298 g/mol. The number of nitrogens with one attached hydrogen (secondary N) is 1. The molecule has 0 aliphatic rings. The lowest BCUT2D eigenvalue weighted by Crippen LogP contribution is -1.99. The van der Waals surface area contributed by atoms with Gasteiger partial charge in [-0.15, -0.1) is 11.3 Å². The number of carboxylic acids is 1. The van der Waals surface area contributed by atoms with Crippen LogP contribution in [0.2, 0.25) is 0 Å². The van der Waals surface area contributed by atoms with Gasteiger partial charge in [0.25, 0.3) is 0 Å². The minimum Gasteiger partial charge on any atom is -0.481 e. The Labute approximate surface area is 131 Å². The Morgan fingerprint density at radius 3 is 2.82 bits per heavy atom. The molecule has 112 valence electrons. The van der Waals surface area contributed by atoms with Gasteiger partial charge in [-0.25, -0.2) is 0 Å². The summed E-state index contributed by atoms with van der Waals surface area (Å²) in [5, 5.41) is 11.7. The SMILES string of the molecule is O=C(O)CCCC(=O)c1cc(-c2c[nH]c3ccccc23)cs1. The summed E-state index contributed by atoms with van der Waals surface area (Å²) < 4.78 is 0. The van der Waals surface area contributed by atoms with Crippen LogP contribution in [0.1, 0.15) is 28.9 Å². The summed E-state index contributed by atoms with van der Waals surface area (Å²) in [6, 6.07) is 9.93. The number of aromatic amines is 1. The fourth-order valence-corrected chi connectivity index (χ4v) is 3.33. The number of benzene rings is 1. The molecule has 22 heavy (non-hydrogen) atoms.